The summed E-state index contributed by atoms with van der Waals surface area (Å²) >= 11 is 0. The number of hydrogen-bond donors (Lipinski definition) is 3. The molecule has 1 aliphatic heterocycles. The number of nitrogens with zero attached hydrogens (tertiary/aromatic N) is 2. The van der Waals surface area contributed by atoms with E-state index in [1.807, 2.05) is 30.3 Å². The number of aliphatic hydroxyl groups excluding tert-OH is 1. The summed E-state index contributed by atoms with van der Waals surface area (Å²) in [4.78, 5) is 40.6. The first-order chi connectivity index (χ1) is 13.5. The molecule has 0 bridgehead atoms. The van der Waals surface area contributed by atoms with Crippen LogP contribution >= 0.6 is 0 Å². The fourth-order valence-corrected chi connectivity index (χ4v) is 2.93. The van der Waals surface area contributed by atoms with Gasteiger partial charge >= 0.3 is 11.8 Å². The zero-order chi connectivity index (χ0) is 20.1. The maximum atomic E-state index is 12.5. The Morgan fingerprint density at radius 1 is 1.36 bits per heavy atom. The number of benzene rings is 1. The van der Waals surface area contributed by atoms with E-state index in [1.54, 1.807) is 4.90 Å². The molecule has 3 rings (SSSR count). The molecule has 10 nitrogen and oxygen atoms in total. The second-order valence-corrected chi connectivity index (χ2v) is 6.32. The first-order valence-electron chi connectivity index (χ1n) is 8.78. The summed E-state index contributed by atoms with van der Waals surface area (Å²) in [6.45, 7) is 0.744. The molecule has 1 saturated heterocycles. The molecular formula is C18H22N4O6. The maximum absolute atomic E-state index is 12.5. The molecule has 150 valence electrons. The zero-order valence-electron chi connectivity index (χ0n) is 15.4. The van der Waals surface area contributed by atoms with Gasteiger partial charge in [-0.25, -0.2) is 9.59 Å². The number of nitrogens with one attached hydrogen (secondary N) is 2. The molecule has 3 N–H and O–H groups in total. The van der Waals surface area contributed by atoms with Crippen LogP contribution in [0.4, 0.5) is 16.3 Å². The predicted octanol–water partition coefficient (Wildman–Crippen LogP) is 0.0198. The van der Waals surface area contributed by atoms with E-state index in [2.05, 4.69) is 10.3 Å². The fourth-order valence-electron chi connectivity index (χ4n) is 2.93. The molecule has 2 heterocycles. The van der Waals surface area contributed by atoms with E-state index in [-0.39, 0.29) is 31.3 Å². The van der Waals surface area contributed by atoms with Gasteiger partial charge in [0.1, 0.15) is 18.1 Å². The number of amides is 1. The minimum Gasteiger partial charge on any atom is -0.444 e. The summed E-state index contributed by atoms with van der Waals surface area (Å²) in [6.07, 6.45) is -1.26. The van der Waals surface area contributed by atoms with Gasteiger partial charge in [0, 0.05) is 20.1 Å². The molecule has 1 aliphatic rings. The van der Waals surface area contributed by atoms with Gasteiger partial charge in [0.2, 0.25) is 0 Å². The lowest BCUT2D eigenvalue weighted by molar-refractivity contribution is 0.00351. The summed E-state index contributed by atoms with van der Waals surface area (Å²) < 4.78 is 11.7. The summed E-state index contributed by atoms with van der Waals surface area (Å²) in [6, 6.07) is 9.12. The first kappa shape index (κ1) is 19.6. The number of anilines is 2. The zero-order valence-corrected chi connectivity index (χ0v) is 15.4. The second kappa shape index (κ2) is 8.72. The molecule has 1 fully saturated rings. The third kappa shape index (κ3) is 4.41. The van der Waals surface area contributed by atoms with Crippen LogP contribution in [-0.2, 0) is 23.1 Å². The molecule has 1 atom stereocenters. The van der Waals surface area contributed by atoms with Crippen LogP contribution in [0.3, 0.4) is 0 Å². The number of aliphatic hydroxyl groups is 1. The largest absolute Gasteiger partial charge is 0.444 e. The average Bonchev–Trinajstić information content (AvgIpc) is 2.71. The van der Waals surface area contributed by atoms with E-state index in [1.165, 1.54) is 7.05 Å². The summed E-state index contributed by atoms with van der Waals surface area (Å²) in [5.74, 6) is 0.0189. The van der Waals surface area contributed by atoms with Crippen molar-refractivity contribution in [2.45, 2.75) is 12.7 Å². The van der Waals surface area contributed by atoms with Crippen molar-refractivity contribution in [2.75, 3.05) is 36.5 Å². The molecule has 1 unspecified atom stereocenters. The molecule has 1 aromatic heterocycles. The highest BCUT2D eigenvalue weighted by Crippen LogP contribution is 2.22. The molecule has 0 saturated carbocycles. The van der Waals surface area contributed by atoms with Crippen molar-refractivity contribution in [1.29, 1.82) is 0 Å². The smallest absolute Gasteiger partial charge is 0.413 e. The number of aromatic amines is 1. The molecular weight excluding hydrogens is 368 g/mol. The Kier molecular flexibility index (Phi) is 6.12. The van der Waals surface area contributed by atoms with E-state index < -0.39 is 23.4 Å². The van der Waals surface area contributed by atoms with E-state index in [0.29, 0.717) is 13.2 Å². The van der Waals surface area contributed by atoms with Gasteiger partial charge < -0.3 is 19.5 Å². The van der Waals surface area contributed by atoms with Gasteiger partial charge in [-0.2, -0.15) is 0 Å². The second-order valence-electron chi connectivity index (χ2n) is 6.32. The Balaban J connectivity index is 1.83. The van der Waals surface area contributed by atoms with Crippen LogP contribution in [0, 0.1) is 0 Å². The minimum atomic E-state index is -0.794. The van der Waals surface area contributed by atoms with Gasteiger partial charge in [-0.1, -0.05) is 30.3 Å². The number of morpholine rings is 1. The fraction of sp³-hybridized carbons (Fsp3) is 0.389. The van der Waals surface area contributed by atoms with Crippen molar-refractivity contribution in [2.24, 2.45) is 7.05 Å². The van der Waals surface area contributed by atoms with Gasteiger partial charge in [-0.05, 0) is 5.56 Å². The van der Waals surface area contributed by atoms with Crippen LogP contribution in [-0.4, -0.2) is 53.2 Å². The lowest BCUT2D eigenvalue weighted by atomic mass is 10.2. The Labute approximate surface area is 160 Å². The molecule has 10 heteroatoms. The minimum absolute atomic E-state index is 0.0189. The molecule has 2 aromatic rings. The van der Waals surface area contributed by atoms with Crippen molar-refractivity contribution < 1.29 is 19.4 Å². The van der Waals surface area contributed by atoms with E-state index in [4.69, 9.17) is 9.47 Å². The van der Waals surface area contributed by atoms with Gasteiger partial charge in [-0.15, -0.1) is 0 Å². The quantitative estimate of drug-likeness (QED) is 0.657. The summed E-state index contributed by atoms with van der Waals surface area (Å²) in [5.41, 5.74) is -0.392. The highest BCUT2D eigenvalue weighted by Gasteiger charge is 2.26. The summed E-state index contributed by atoms with van der Waals surface area (Å²) in [7, 11) is 1.43. The van der Waals surface area contributed by atoms with Crippen molar-refractivity contribution >= 4 is 17.6 Å². The molecule has 1 amide bonds. The maximum Gasteiger partial charge on any atom is 0.413 e. The number of H-pyrrole nitrogens is 1. The van der Waals surface area contributed by atoms with Crippen molar-refractivity contribution in [1.82, 2.24) is 9.55 Å². The Bertz CT molecular complexity index is 939. The topological polar surface area (TPSA) is 126 Å². The van der Waals surface area contributed by atoms with Crippen LogP contribution in [0.2, 0.25) is 0 Å². The third-order valence-electron chi connectivity index (χ3n) is 4.39. The molecule has 0 radical (unpaired) electrons. The molecule has 0 spiro atoms. The van der Waals surface area contributed by atoms with E-state index in [0.717, 1.165) is 10.1 Å². The lowest BCUT2D eigenvalue weighted by Crippen LogP contribution is -2.47. The highest BCUT2D eigenvalue weighted by molar-refractivity contribution is 5.87. The van der Waals surface area contributed by atoms with Crippen LogP contribution in [0.5, 0.6) is 0 Å². The Morgan fingerprint density at radius 2 is 2.11 bits per heavy atom. The highest BCUT2D eigenvalue weighted by atomic mass is 16.5. The van der Waals surface area contributed by atoms with Crippen LogP contribution in [0.1, 0.15) is 5.56 Å². The van der Waals surface area contributed by atoms with E-state index >= 15 is 0 Å². The lowest BCUT2D eigenvalue weighted by Gasteiger charge is -2.34. The van der Waals surface area contributed by atoms with Crippen LogP contribution in [0.15, 0.2) is 39.9 Å². The SMILES string of the molecule is Cn1c(NC(=O)OCc2ccccc2)c(N2CCOC(CO)C2)c(=O)[nH]c1=O. The molecule has 1 aromatic carbocycles. The number of aromatic nitrogens is 2. The van der Waals surface area contributed by atoms with Crippen LogP contribution in [0.25, 0.3) is 0 Å². The van der Waals surface area contributed by atoms with Crippen molar-refractivity contribution in [3.63, 3.8) is 0 Å². The Morgan fingerprint density at radius 3 is 2.82 bits per heavy atom. The van der Waals surface area contributed by atoms with Gasteiger partial charge in [0.25, 0.3) is 5.56 Å². The van der Waals surface area contributed by atoms with Gasteiger partial charge in [-0.3, -0.25) is 19.7 Å². The number of carbonyl (C=O) groups excluding carboxylic acids is 1. The standard InChI is InChI=1S/C18H22N4O6/c1-21-15(19-18(26)28-11-12-5-3-2-4-6-12)14(16(24)20-17(21)25)22-7-8-27-13(9-22)10-23/h2-6,13,23H,7-11H2,1H3,(H,19,26)(H,20,24,25). The normalized spacial score (nSPS) is 16.6. The third-order valence-corrected chi connectivity index (χ3v) is 4.39. The van der Waals surface area contributed by atoms with Crippen molar-refractivity contribution in [3.8, 4) is 0 Å². The van der Waals surface area contributed by atoms with Gasteiger partial charge in [0.05, 0.1) is 19.3 Å². The first-order valence-corrected chi connectivity index (χ1v) is 8.78. The van der Waals surface area contributed by atoms with Crippen LogP contribution < -0.4 is 21.5 Å². The summed E-state index contributed by atoms with van der Waals surface area (Å²) in [5, 5.41) is 11.8. The van der Waals surface area contributed by atoms with Crippen molar-refractivity contribution in [3.05, 3.63) is 56.7 Å². The van der Waals surface area contributed by atoms with E-state index in [9.17, 15) is 19.5 Å². The number of ether oxygens (including phenoxy) is 2. The Hall–Kier alpha value is -3.11. The predicted molar refractivity (Wildman–Crippen MR) is 102 cm³/mol. The number of carbonyl (C=O) groups is 1. The molecule has 28 heavy (non-hydrogen) atoms. The number of rotatable bonds is 5. The average molecular weight is 390 g/mol. The molecule has 0 aliphatic carbocycles. The van der Waals surface area contributed by atoms with Gasteiger partial charge in [0.15, 0.2) is 0 Å². The number of hydrogen-bond acceptors (Lipinski definition) is 7. The monoisotopic (exact) mass is 390 g/mol.